The van der Waals surface area contributed by atoms with Gasteiger partial charge in [-0.2, -0.15) is 0 Å². The average molecular weight is 250 g/mol. The lowest BCUT2D eigenvalue weighted by molar-refractivity contribution is -0.158. The third kappa shape index (κ3) is 4.30. The number of ether oxygens (including phenoxy) is 2. The van der Waals surface area contributed by atoms with Gasteiger partial charge in [-0.15, -0.1) is 0 Å². The largest absolute Gasteiger partial charge is 0.460 e. The number of esters is 1. The second kappa shape index (κ2) is 7.61. The summed E-state index contributed by atoms with van der Waals surface area (Å²) in [7, 11) is 0. The second-order valence-corrected chi connectivity index (χ2v) is 3.72. The molecule has 18 heavy (non-hydrogen) atoms. The van der Waals surface area contributed by atoms with Crippen molar-refractivity contribution in [2.45, 2.75) is 26.4 Å². The maximum Gasteiger partial charge on any atom is 0.377 e. The molecule has 1 unspecified atom stereocenters. The fourth-order valence-corrected chi connectivity index (χ4v) is 1.59. The maximum atomic E-state index is 11.8. The third-order valence-corrected chi connectivity index (χ3v) is 2.40. The van der Waals surface area contributed by atoms with Crippen LogP contribution in [-0.4, -0.2) is 31.1 Å². The smallest absolute Gasteiger partial charge is 0.377 e. The van der Waals surface area contributed by atoms with Gasteiger partial charge in [0.15, 0.2) is 0 Å². The Morgan fingerprint density at radius 1 is 1.11 bits per heavy atom. The summed E-state index contributed by atoms with van der Waals surface area (Å²) in [6, 6.07) is 9.45. The highest BCUT2D eigenvalue weighted by Gasteiger charge is 2.27. The van der Waals surface area contributed by atoms with E-state index in [2.05, 4.69) is 0 Å². The summed E-state index contributed by atoms with van der Waals surface area (Å²) < 4.78 is 10.0. The Bertz CT molecular complexity index is 386. The van der Waals surface area contributed by atoms with E-state index in [0.717, 1.165) is 5.56 Å². The van der Waals surface area contributed by atoms with Gasteiger partial charge < -0.3 is 9.47 Å². The second-order valence-electron chi connectivity index (χ2n) is 3.72. The topological polar surface area (TPSA) is 52.6 Å². The molecule has 0 spiro atoms. The van der Waals surface area contributed by atoms with Crippen LogP contribution in [0.5, 0.6) is 0 Å². The minimum Gasteiger partial charge on any atom is -0.460 e. The molecule has 0 aliphatic carbocycles. The molecule has 98 valence electrons. The van der Waals surface area contributed by atoms with Gasteiger partial charge >= 0.3 is 5.97 Å². The molecular weight excluding hydrogens is 232 g/mol. The van der Waals surface area contributed by atoms with E-state index in [-0.39, 0.29) is 6.61 Å². The molecule has 0 fully saturated rings. The summed E-state index contributed by atoms with van der Waals surface area (Å²) in [5.41, 5.74) is 0.952. The van der Waals surface area contributed by atoms with Crippen LogP contribution in [0.4, 0.5) is 0 Å². The minimum absolute atomic E-state index is 0.189. The molecule has 1 atom stereocenters. The van der Waals surface area contributed by atoms with Crippen molar-refractivity contribution in [1.29, 1.82) is 0 Å². The predicted molar refractivity (Wildman–Crippen MR) is 67.2 cm³/mol. The lowest BCUT2D eigenvalue weighted by Crippen LogP contribution is -2.34. The summed E-state index contributed by atoms with van der Waals surface area (Å²) in [6.45, 7) is 4.02. The van der Waals surface area contributed by atoms with Gasteiger partial charge in [-0.05, 0) is 19.4 Å². The molecule has 0 saturated heterocycles. The van der Waals surface area contributed by atoms with Crippen molar-refractivity contribution in [1.82, 2.24) is 0 Å². The van der Waals surface area contributed by atoms with Gasteiger partial charge in [-0.25, -0.2) is 4.79 Å². The van der Waals surface area contributed by atoms with E-state index >= 15 is 0 Å². The van der Waals surface area contributed by atoms with E-state index in [4.69, 9.17) is 9.47 Å². The quantitative estimate of drug-likeness (QED) is 0.546. The van der Waals surface area contributed by atoms with Gasteiger partial charge in [0, 0.05) is 13.0 Å². The Morgan fingerprint density at radius 3 is 2.33 bits per heavy atom. The zero-order valence-electron chi connectivity index (χ0n) is 10.7. The van der Waals surface area contributed by atoms with Gasteiger partial charge in [0.25, 0.3) is 5.78 Å². The number of carbonyl (C=O) groups is 2. The molecule has 1 aromatic carbocycles. The highest BCUT2D eigenvalue weighted by Crippen LogP contribution is 2.08. The number of rotatable bonds is 7. The van der Waals surface area contributed by atoms with Crippen LogP contribution < -0.4 is 0 Å². The Labute approximate surface area is 107 Å². The van der Waals surface area contributed by atoms with Crippen LogP contribution in [0.2, 0.25) is 0 Å². The highest BCUT2D eigenvalue weighted by molar-refractivity contribution is 6.35. The van der Waals surface area contributed by atoms with Crippen LogP contribution in [0.15, 0.2) is 30.3 Å². The van der Waals surface area contributed by atoms with E-state index in [1.165, 1.54) is 0 Å². The molecule has 0 aromatic heterocycles. The standard InChI is InChI=1S/C14H18O4/c1-3-17-12(13(15)14(16)18-4-2)10-11-8-6-5-7-9-11/h5-9,12H,3-4,10H2,1-2H3. The molecule has 0 aliphatic rings. The van der Waals surface area contributed by atoms with E-state index < -0.39 is 17.9 Å². The monoisotopic (exact) mass is 250 g/mol. The Balaban J connectivity index is 2.70. The lowest BCUT2D eigenvalue weighted by Gasteiger charge is -2.14. The van der Waals surface area contributed by atoms with Crippen molar-refractivity contribution in [2.24, 2.45) is 0 Å². The van der Waals surface area contributed by atoms with Crippen molar-refractivity contribution >= 4 is 11.8 Å². The van der Waals surface area contributed by atoms with E-state index in [0.29, 0.717) is 13.0 Å². The number of ketones is 1. The van der Waals surface area contributed by atoms with Crippen molar-refractivity contribution in [3.63, 3.8) is 0 Å². The number of hydrogen-bond acceptors (Lipinski definition) is 4. The minimum atomic E-state index is -0.827. The maximum absolute atomic E-state index is 11.8. The molecule has 4 nitrogen and oxygen atoms in total. The van der Waals surface area contributed by atoms with Gasteiger partial charge in [-0.1, -0.05) is 30.3 Å². The molecule has 1 aromatic rings. The first kappa shape index (κ1) is 14.4. The van der Waals surface area contributed by atoms with Gasteiger partial charge in [0.1, 0.15) is 6.10 Å². The molecular formula is C14H18O4. The van der Waals surface area contributed by atoms with Crippen molar-refractivity contribution in [3.05, 3.63) is 35.9 Å². The SMILES string of the molecule is CCOC(=O)C(=O)C(Cc1ccccc1)OCC. The Morgan fingerprint density at radius 2 is 1.78 bits per heavy atom. The van der Waals surface area contributed by atoms with Crippen LogP contribution in [-0.2, 0) is 25.5 Å². The molecule has 0 radical (unpaired) electrons. The molecule has 1 rings (SSSR count). The predicted octanol–water partition coefficient (Wildman–Crippen LogP) is 1.77. The number of carbonyl (C=O) groups excluding carboxylic acids is 2. The van der Waals surface area contributed by atoms with Crippen LogP contribution in [0.3, 0.4) is 0 Å². The summed E-state index contributed by atoms with van der Waals surface area (Å²) >= 11 is 0. The first-order chi connectivity index (χ1) is 8.69. The fraction of sp³-hybridized carbons (Fsp3) is 0.429. The van der Waals surface area contributed by atoms with Gasteiger partial charge in [0.05, 0.1) is 6.61 Å². The summed E-state index contributed by atoms with van der Waals surface area (Å²) in [5.74, 6) is -1.45. The first-order valence-electron chi connectivity index (χ1n) is 6.05. The fourth-order valence-electron chi connectivity index (χ4n) is 1.59. The molecule has 0 aliphatic heterocycles. The molecule has 0 bridgehead atoms. The summed E-state index contributed by atoms with van der Waals surface area (Å²) in [4.78, 5) is 23.2. The molecule has 4 heteroatoms. The van der Waals surface area contributed by atoms with E-state index in [1.54, 1.807) is 13.8 Å². The number of hydrogen-bond donors (Lipinski definition) is 0. The van der Waals surface area contributed by atoms with Crippen molar-refractivity contribution in [3.8, 4) is 0 Å². The summed E-state index contributed by atoms with van der Waals surface area (Å²) in [6.07, 6.45) is -0.386. The molecule has 0 heterocycles. The Hall–Kier alpha value is -1.68. The zero-order valence-corrected chi connectivity index (χ0v) is 10.7. The first-order valence-corrected chi connectivity index (χ1v) is 6.05. The zero-order chi connectivity index (χ0) is 13.4. The summed E-state index contributed by atoms with van der Waals surface area (Å²) in [5, 5.41) is 0. The van der Waals surface area contributed by atoms with Crippen LogP contribution in [0.1, 0.15) is 19.4 Å². The van der Waals surface area contributed by atoms with Crippen molar-refractivity contribution < 1.29 is 19.1 Å². The third-order valence-electron chi connectivity index (χ3n) is 2.40. The lowest BCUT2D eigenvalue weighted by atomic mass is 10.0. The van der Waals surface area contributed by atoms with Crippen LogP contribution >= 0.6 is 0 Å². The van der Waals surface area contributed by atoms with Crippen LogP contribution in [0.25, 0.3) is 0 Å². The van der Waals surface area contributed by atoms with E-state index in [1.807, 2.05) is 30.3 Å². The molecule has 0 saturated carbocycles. The van der Waals surface area contributed by atoms with E-state index in [9.17, 15) is 9.59 Å². The van der Waals surface area contributed by atoms with Crippen LogP contribution in [0, 0.1) is 0 Å². The molecule has 0 amide bonds. The number of benzene rings is 1. The Kier molecular flexibility index (Phi) is 6.08. The molecule has 0 N–H and O–H groups in total. The van der Waals surface area contributed by atoms with Crippen molar-refractivity contribution in [2.75, 3.05) is 13.2 Å². The normalized spacial score (nSPS) is 11.9. The van der Waals surface area contributed by atoms with Gasteiger partial charge in [0.2, 0.25) is 0 Å². The van der Waals surface area contributed by atoms with Gasteiger partial charge in [-0.3, -0.25) is 4.79 Å². The average Bonchev–Trinajstić information content (AvgIpc) is 2.39. The highest BCUT2D eigenvalue weighted by atomic mass is 16.5. The number of Topliss-reactive ketones (excluding diaryl/α,β-unsaturated/α-hetero) is 1.